The summed E-state index contributed by atoms with van der Waals surface area (Å²) in [6.45, 7) is 5.49. The Bertz CT molecular complexity index is 1130. The first-order chi connectivity index (χ1) is 14.4. The summed E-state index contributed by atoms with van der Waals surface area (Å²) < 4.78 is 11.0. The summed E-state index contributed by atoms with van der Waals surface area (Å²) in [6, 6.07) is 15.2. The number of carbonyl (C=O) groups is 1. The summed E-state index contributed by atoms with van der Waals surface area (Å²) >= 11 is 3.43. The van der Waals surface area contributed by atoms with Crippen LogP contribution in [0.3, 0.4) is 0 Å². The molecule has 0 radical (unpaired) electrons. The van der Waals surface area contributed by atoms with Crippen molar-refractivity contribution in [2.24, 2.45) is 0 Å². The van der Waals surface area contributed by atoms with Crippen LogP contribution in [0.15, 0.2) is 62.2 Å². The highest BCUT2D eigenvalue weighted by Crippen LogP contribution is 2.25. The summed E-state index contributed by atoms with van der Waals surface area (Å²) in [6.07, 6.45) is 0. The largest absolute Gasteiger partial charge is 0.465 e. The van der Waals surface area contributed by atoms with Gasteiger partial charge in [-0.15, -0.1) is 0 Å². The van der Waals surface area contributed by atoms with E-state index in [1.807, 2.05) is 30.3 Å². The zero-order valence-electron chi connectivity index (χ0n) is 16.9. The van der Waals surface area contributed by atoms with Crippen molar-refractivity contribution in [3.63, 3.8) is 0 Å². The molecule has 1 aliphatic heterocycles. The number of hydrogen-bond acceptors (Lipinski definition) is 6. The van der Waals surface area contributed by atoms with E-state index in [0.29, 0.717) is 23.7 Å². The number of carbonyl (C=O) groups excluding carboxylic acids is 1. The third-order valence-corrected chi connectivity index (χ3v) is 6.08. The molecule has 1 unspecified atom stereocenters. The van der Waals surface area contributed by atoms with E-state index in [1.54, 1.807) is 18.2 Å². The average Bonchev–Trinajstić information content (AvgIpc) is 2.74. The molecule has 7 heteroatoms. The van der Waals surface area contributed by atoms with E-state index in [2.05, 4.69) is 32.7 Å². The molecule has 2 heterocycles. The second kappa shape index (κ2) is 8.62. The molecule has 1 fully saturated rings. The molecular weight excluding hydrogens is 448 g/mol. The average molecular weight is 471 g/mol. The molecule has 0 aliphatic carbocycles. The minimum absolute atomic E-state index is 0.303. The molecule has 6 nitrogen and oxygen atoms in total. The number of ether oxygens (including phenoxy) is 1. The van der Waals surface area contributed by atoms with Gasteiger partial charge in [-0.3, -0.25) is 4.90 Å². The van der Waals surface area contributed by atoms with Gasteiger partial charge >= 0.3 is 11.6 Å². The summed E-state index contributed by atoms with van der Waals surface area (Å²) in [4.78, 5) is 28.4. The monoisotopic (exact) mass is 470 g/mol. The van der Waals surface area contributed by atoms with E-state index in [4.69, 9.17) is 9.15 Å². The van der Waals surface area contributed by atoms with Crippen LogP contribution in [0.2, 0.25) is 0 Å². The molecule has 0 spiro atoms. The smallest absolute Gasteiger partial charge is 0.337 e. The van der Waals surface area contributed by atoms with Gasteiger partial charge in [0.05, 0.1) is 12.7 Å². The van der Waals surface area contributed by atoms with Crippen LogP contribution < -0.4 is 10.5 Å². The van der Waals surface area contributed by atoms with E-state index < -0.39 is 0 Å². The van der Waals surface area contributed by atoms with Gasteiger partial charge in [0, 0.05) is 53.8 Å². The second-order valence-corrected chi connectivity index (χ2v) is 8.45. The molecule has 0 saturated carbocycles. The van der Waals surface area contributed by atoms with Crippen molar-refractivity contribution in [1.29, 1.82) is 0 Å². The minimum atomic E-state index is -0.327. The lowest BCUT2D eigenvalue weighted by Gasteiger charge is -2.41. The number of rotatable bonds is 4. The normalized spacial score (nSPS) is 17.3. The van der Waals surface area contributed by atoms with Crippen molar-refractivity contribution in [2.45, 2.75) is 19.5 Å². The van der Waals surface area contributed by atoms with Gasteiger partial charge in [0.25, 0.3) is 0 Å². The second-order valence-electron chi connectivity index (χ2n) is 7.54. The fourth-order valence-corrected chi connectivity index (χ4v) is 4.28. The zero-order valence-corrected chi connectivity index (χ0v) is 18.5. The Labute approximate surface area is 183 Å². The molecule has 30 heavy (non-hydrogen) atoms. The summed E-state index contributed by atoms with van der Waals surface area (Å²) in [5.41, 5.74) is 2.90. The Kier molecular flexibility index (Phi) is 5.92. The summed E-state index contributed by atoms with van der Waals surface area (Å²) in [7, 11) is 1.38. The highest BCUT2D eigenvalue weighted by molar-refractivity contribution is 9.10. The third-order valence-electron chi connectivity index (χ3n) is 5.58. The standard InChI is InChI=1S/C23H23BrN2O4/c1-15-13-26(19-6-3-16(4-7-19)23(28)29-2)10-9-25(15)14-17-11-22(27)30-21-12-18(24)5-8-20(17)21/h3-8,11-12,15H,9-10,13-14H2,1-2H3. The molecule has 3 aromatic rings. The van der Waals surface area contributed by atoms with Crippen LogP contribution in [0.5, 0.6) is 0 Å². The van der Waals surface area contributed by atoms with Gasteiger partial charge < -0.3 is 14.1 Å². The van der Waals surface area contributed by atoms with Gasteiger partial charge in [-0.25, -0.2) is 9.59 Å². The molecule has 0 N–H and O–H groups in total. The van der Waals surface area contributed by atoms with E-state index >= 15 is 0 Å². The van der Waals surface area contributed by atoms with E-state index in [0.717, 1.165) is 40.7 Å². The molecular formula is C23H23BrN2O4. The lowest BCUT2D eigenvalue weighted by Crippen LogP contribution is -2.51. The van der Waals surface area contributed by atoms with Crippen LogP contribution in [0, 0.1) is 0 Å². The number of piperazine rings is 1. The quantitative estimate of drug-likeness (QED) is 0.423. The maximum absolute atomic E-state index is 12.0. The van der Waals surface area contributed by atoms with Crippen molar-refractivity contribution in [2.75, 3.05) is 31.6 Å². The van der Waals surface area contributed by atoms with Gasteiger partial charge in [0.2, 0.25) is 0 Å². The van der Waals surface area contributed by atoms with Gasteiger partial charge in [0.1, 0.15) is 5.58 Å². The Balaban J connectivity index is 1.48. The van der Waals surface area contributed by atoms with Gasteiger partial charge in [0.15, 0.2) is 0 Å². The molecule has 0 amide bonds. The summed E-state index contributed by atoms with van der Waals surface area (Å²) in [5, 5.41) is 0.964. The first kappa shape index (κ1) is 20.6. The van der Waals surface area contributed by atoms with Gasteiger partial charge in [-0.05, 0) is 55.0 Å². The Morgan fingerprint density at radius 3 is 2.63 bits per heavy atom. The SMILES string of the molecule is COC(=O)c1ccc(N2CCN(Cc3cc(=O)oc4cc(Br)ccc34)C(C)C2)cc1. The molecule has 1 saturated heterocycles. The van der Waals surface area contributed by atoms with E-state index in [-0.39, 0.29) is 11.6 Å². The fourth-order valence-electron chi connectivity index (χ4n) is 3.94. The highest BCUT2D eigenvalue weighted by Gasteiger charge is 2.25. The number of esters is 1. The first-order valence-corrected chi connectivity index (χ1v) is 10.6. The third kappa shape index (κ3) is 4.27. The number of hydrogen-bond donors (Lipinski definition) is 0. The van der Waals surface area contributed by atoms with Crippen molar-refractivity contribution in [1.82, 2.24) is 4.90 Å². The molecule has 4 rings (SSSR count). The predicted molar refractivity (Wildman–Crippen MR) is 120 cm³/mol. The Morgan fingerprint density at radius 2 is 1.93 bits per heavy atom. The maximum Gasteiger partial charge on any atom is 0.337 e. The molecule has 1 aromatic heterocycles. The van der Waals surface area contributed by atoms with E-state index in [1.165, 1.54) is 7.11 Å². The van der Waals surface area contributed by atoms with Crippen LogP contribution in [0.1, 0.15) is 22.8 Å². The predicted octanol–water partition coefficient (Wildman–Crippen LogP) is 4.05. The van der Waals surface area contributed by atoms with Crippen LogP contribution in [0.25, 0.3) is 11.0 Å². The topological polar surface area (TPSA) is 63.0 Å². The maximum atomic E-state index is 12.0. The van der Waals surface area contributed by atoms with Crippen molar-refractivity contribution in [3.05, 3.63) is 74.6 Å². The Hall–Kier alpha value is -2.64. The number of anilines is 1. The highest BCUT2D eigenvalue weighted by atomic mass is 79.9. The number of methoxy groups -OCH3 is 1. The summed E-state index contributed by atoms with van der Waals surface area (Å²) in [5.74, 6) is -0.327. The molecule has 156 valence electrons. The van der Waals surface area contributed by atoms with Crippen LogP contribution >= 0.6 is 15.9 Å². The number of fused-ring (bicyclic) bond motifs is 1. The Morgan fingerprint density at radius 1 is 1.17 bits per heavy atom. The zero-order chi connectivity index (χ0) is 21.3. The van der Waals surface area contributed by atoms with E-state index in [9.17, 15) is 9.59 Å². The van der Waals surface area contributed by atoms with Crippen molar-refractivity contribution in [3.8, 4) is 0 Å². The van der Waals surface area contributed by atoms with Crippen LogP contribution in [0.4, 0.5) is 5.69 Å². The van der Waals surface area contributed by atoms with Crippen molar-refractivity contribution >= 4 is 38.6 Å². The van der Waals surface area contributed by atoms with Crippen LogP contribution in [-0.4, -0.2) is 43.7 Å². The number of nitrogens with zero attached hydrogens (tertiary/aromatic N) is 2. The molecule has 1 atom stereocenters. The number of halogens is 1. The fraction of sp³-hybridized carbons (Fsp3) is 0.304. The molecule has 2 aromatic carbocycles. The lowest BCUT2D eigenvalue weighted by molar-refractivity contribution is 0.0600. The number of benzene rings is 2. The van der Waals surface area contributed by atoms with Crippen molar-refractivity contribution < 1.29 is 13.9 Å². The van der Waals surface area contributed by atoms with Crippen LogP contribution in [-0.2, 0) is 11.3 Å². The lowest BCUT2D eigenvalue weighted by atomic mass is 10.1. The first-order valence-electron chi connectivity index (χ1n) is 9.84. The minimum Gasteiger partial charge on any atom is -0.465 e. The molecule has 0 bridgehead atoms. The molecule has 1 aliphatic rings. The van der Waals surface area contributed by atoms with Gasteiger partial charge in [-0.1, -0.05) is 15.9 Å². The van der Waals surface area contributed by atoms with Gasteiger partial charge in [-0.2, -0.15) is 0 Å².